The second kappa shape index (κ2) is 14.7. The number of benzene rings is 1. The van der Waals surface area contributed by atoms with Gasteiger partial charge in [-0.05, 0) is 71.1 Å². The fraction of sp³-hybridized carbons (Fsp3) is 0.593. The number of hydrogen-bond donors (Lipinski definition) is 2. The molecule has 0 bridgehead atoms. The Morgan fingerprint density at radius 2 is 1.83 bits per heavy atom. The van der Waals surface area contributed by atoms with E-state index in [4.69, 9.17) is 11.2 Å². The van der Waals surface area contributed by atoms with Crippen molar-refractivity contribution in [2.24, 2.45) is 0 Å². The SMILES string of the molecule is C#Cc1ccccc1C(C(=O)NC(C)C)N(CCCC)C(=O)C(CCSC)NC(=O)OC(C)(C)C. The third-order valence-corrected chi connectivity index (χ3v) is 5.68. The lowest BCUT2D eigenvalue weighted by Gasteiger charge is -2.35. The predicted octanol–water partition coefficient (Wildman–Crippen LogP) is 4.51. The minimum Gasteiger partial charge on any atom is -0.444 e. The van der Waals surface area contributed by atoms with Gasteiger partial charge in [0, 0.05) is 18.2 Å². The molecule has 7 nitrogen and oxygen atoms in total. The molecule has 194 valence electrons. The molecule has 0 saturated carbocycles. The third kappa shape index (κ3) is 10.2. The van der Waals surface area contributed by atoms with Gasteiger partial charge in [0.15, 0.2) is 0 Å². The Hall–Kier alpha value is -2.66. The number of terminal acetylenes is 1. The smallest absolute Gasteiger partial charge is 0.408 e. The van der Waals surface area contributed by atoms with Gasteiger partial charge in [-0.2, -0.15) is 11.8 Å². The Bertz CT molecular complexity index is 889. The Kier molecular flexibility index (Phi) is 12.7. The molecule has 0 aliphatic rings. The molecule has 1 rings (SSSR count). The summed E-state index contributed by atoms with van der Waals surface area (Å²) in [6.07, 6.45) is 8.94. The summed E-state index contributed by atoms with van der Waals surface area (Å²) in [6.45, 7) is 11.4. The summed E-state index contributed by atoms with van der Waals surface area (Å²) in [7, 11) is 0. The van der Waals surface area contributed by atoms with Crippen LogP contribution >= 0.6 is 11.8 Å². The maximum atomic E-state index is 14.0. The largest absolute Gasteiger partial charge is 0.444 e. The fourth-order valence-electron chi connectivity index (χ4n) is 3.52. The van der Waals surface area contributed by atoms with Gasteiger partial charge in [-0.25, -0.2) is 4.79 Å². The summed E-state index contributed by atoms with van der Waals surface area (Å²) >= 11 is 1.57. The maximum Gasteiger partial charge on any atom is 0.408 e. The van der Waals surface area contributed by atoms with Crippen LogP contribution in [0.25, 0.3) is 0 Å². The monoisotopic (exact) mass is 503 g/mol. The van der Waals surface area contributed by atoms with Crippen LogP contribution in [-0.2, 0) is 14.3 Å². The lowest BCUT2D eigenvalue weighted by Crippen LogP contribution is -2.54. The molecule has 0 radical (unpaired) electrons. The Labute approximate surface area is 215 Å². The average Bonchev–Trinajstić information content (AvgIpc) is 2.77. The zero-order valence-corrected chi connectivity index (χ0v) is 23.0. The van der Waals surface area contributed by atoms with E-state index in [0.29, 0.717) is 36.3 Å². The fourth-order valence-corrected chi connectivity index (χ4v) is 3.99. The van der Waals surface area contributed by atoms with Gasteiger partial charge >= 0.3 is 6.09 Å². The number of carbonyl (C=O) groups excluding carboxylic acids is 3. The van der Waals surface area contributed by atoms with Crippen molar-refractivity contribution in [3.63, 3.8) is 0 Å². The normalized spacial score (nSPS) is 12.9. The summed E-state index contributed by atoms with van der Waals surface area (Å²) in [5.74, 6) is 2.64. The highest BCUT2D eigenvalue weighted by Gasteiger charge is 2.36. The minimum atomic E-state index is -0.930. The molecule has 2 unspecified atom stereocenters. The van der Waals surface area contributed by atoms with Crippen LogP contribution in [0, 0.1) is 12.3 Å². The van der Waals surface area contributed by atoms with Gasteiger partial charge in [0.2, 0.25) is 11.8 Å². The molecule has 2 N–H and O–H groups in total. The number of nitrogens with zero attached hydrogens (tertiary/aromatic N) is 1. The van der Waals surface area contributed by atoms with Crippen LogP contribution in [0.3, 0.4) is 0 Å². The van der Waals surface area contributed by atoms with E-state index in [0.717, 1.165) is 6.42 Å². The number of carbonyl (C=O) groups is 3. The van der Waals surface area contributed by atoms with E-state index in [1.165, 1.54) is 0 Å². The quantitative estimate of drug-likeness (QED) is 0.410. The van der Waals surface area contributed by atoms with E-state index in [1.807, 2.05) is 27.0 Å². The van der Waals surface area contributed by atoms with Gasteiger partial charge in [-0.1, -0.05) is 37.5 Å². The van der Waals surface area contributed by atoms with E-state index in [2.05, 4.69) is 16.6 Å². The van der Waals surface area contributed by atoms with Crippen LogP contribution in [0.5, 0.6) is 0 Å². The second-order valence-corrected chi connectivity index (χ2v) is 10.6. The van der Waals surface area contributed by atoms with Gasteiger partial charge in [0.1, 0.15) is 17.7 Å². The first-order valence-corrected chi connectivity index (χ1v) is 13.5. The topological polar surface area (TPSA) is 87.7 Å². The van der Waals surface area contributed by atoms with E-state index >= 15 is 0 Å². The molecule has 0 aliphatic carbocycles. The molecule has 0 heterocycles. The first-order valence-electron chi connectivity index (χ1n) is 12.1. The van der Waals surface area contributed by atoms with Crippen LogP contribution in [0.2, 0.25) is 0 Å². The predicted molar refractivity (Wildman–Crippen MR) is 143 cm³/mol. The second-order valence-electron chi connectivity index (χ2n) is 9.66. The molecule has 3 amide bonds. The third-order valence-electron chi connectivity index (χ3n) is 5.04. The zero-order chi connectivity index (χ0) is 26.6. The molecule has 0 aliphatic heterocycles. The van der Waals surface area contributed by atoms with Gasteiger partial charge in [-0.15, -0.1) is 6.42 Å². The lowest BCUT2D eigenvalue weighted by molar-refractivity contribution is -0.142. The lowest BCUT2D eigenvalue weighted by atomic mass is 9.96. The highest BCUT2D eigenvalue weighted by atomic mass is 32.2. The number of rotatable bonds is 12. The number of thioether (sulfide) groups is 1. The van der Waals surface area contributed by atoms with Crippen LogP contribution < -0.4 is 10.6 Å². The van der Waals surface area contributed by atoms with Crippen LogP contribution in [-0.4, -0.2) is 59.0 Å². The zero-order valence-electron chi connectivity index (χ0n) is 22.1. The highest BCUT2D eigenvalue weighted by Crippen LogP contribution is 2.27. The van der Waals surface area contributed by atoms with Crippen LogP contribution in [0.4, 0.5) is 4.79 Å². The van der Waals surface area contributed by atoms with Gasteiger partial charge in [0.05, 0.1) is 0 Å². The van der Waals surface area contributed by atoms with E-state index < -0.39 is 23.8 Å². The van der Waals surface area contributed by atoms with Crippen LogP contribution in [0.1, 0.15) is 78.0 Å². The van der Waals surface area contributed by atoms with Crippen molar-refractivity contribution in [3.05, 3.63) is 35.4 Å². The molecule has 1 aromatic carbocycles. The van der Waals surface area contributed by atoms with Gasteiger partial charge in [-0.3, -0.25) is 9.59 Å². The Balaban J connectivity index is 3.51. The summed E-state index contributed by atoms with van der Waals surface area (Å²) in [5, 5.41) is 5.68. The summed E-state index contributed by atoms with van der Waals surface area (Å²) in [4.78, 5) is 41.6. The molecule has 0 aromatic heterocycles. The number of ether oxygens (including phenoxy) is 1. The molecular weight excluding hydrogens is 462 g/mol. The first kappa shape index (κ1) is 30.4. The molecule has 0 fully saturated rings. The molecule has 2 atom stereocenters. The summed E-state index contributed by atoms with van der Waals surface area (Å²) in [6, 6.07) is 5.25. The number of nitrogens with one attached hydrogen (secondary N) is 2. The number of unbranched alkanes of at least 4 members (excludes halogenated alkanes) is 1. The average molecular weight is 504 g/mol. The summed E-state index contributed by atoms with van der Waals surface area (Å²) in [5.41, 5.74) is 0.426. The standard InChI is InChI=1S/C27H41N3O4S/c1-9-11-17-30(25(32)22(16-18-35-8)29-26(33)34-27(5,6)7)23(24(31)28-19(3)4)21-15-13-12-14-20(21)10-2/h2,12-15,19,22-23H,9,11,16-18H2,1,3-8H3,(H,28,31)(H,29,33). The number of amides is 3. The first-order chi connectivity index (χ1) is 16.4. The summed E-state index contributed by atoms with van der Waals surface area (Å²) < 4.78 is 5.41. The molecule has 8 heteroatoms. The van der Waals surface area contributed by atoms with E-state index in [9.17, 15) is 14.4 Å². The highest BCUT2D eigenvalue weighted by molar-refractivity contribution is 7.98. The Morgan fingerprint density at radius 3 is 2.37 bits per heavy atom. The van der Waals surface area contributed by atoms with Crippen LogP contribution in [0.15, 0.2) is 24.3 Å². The molecule has 35 heavy (non-hydrogen) atoms. The molecule has 0 spiro atoms. The van der Waals surface area contributed by atoms with Crippen molar-refractivity contribution >= 4 is 29.7 Å². The number of alkyl carbamates (subject to hydrolysis) is 1. The van der Waals surface area contributed by atoms with Crippen molar-refractivity contribution < 1.29 is 19.1 Å². The maximum absolute atomic E-state index is 14.0. The molecule has 1 aromatic rings. The van der Waals surface area contributed by atoms with Crippen molar-refractivity contribution in [1.82, 2.24) is 15.5 Å². The van der Waals surface area contributed by atoms with E-state index in [1.54, 1.807) is 61.7 Å². The van der Waals surface area contributed by atoms with Crippen molar-refractivity contribution in [1.29, 1.82) is 0 Å². The number of hydrogen-bond acceptors (Lipinski definition) is 5. The molecular formula is C27H41N3O4S. The van der Waals surface area contributed by atoms with Gasteiger partial charge in [0.25, 0.3) is 0 Å². The minimum absolute atomic E-state index is 0.127. The van der Waals surface area contributed by atoms with Crippen molar-refractivity contribution in [3.8, 4) is 12.3 Å². The van der Waals surface area contributed by atoms with Gasteiger partial charge < -0.3 is 20.3 Å². The molecule has 0 saturated heterocycles. The van der Waals surface area contributed by atoms with Crippen molar-refractivity contribution in [2.45, 2.75) is 84.5 Å². The van der Waals surface area contributed by atoms with Crippen molar-refractivity contribution in [2.75, 3.05) is 18.6 Å². The Morgan fingerprint density at radius 1 is 1.17 bits per heavy atom. The van der Waals surface area contributed by atoms with E-state index in [-0.39, 0.29) is 17.9 Å².